The predicted molar refractivity (Wildman–Crippen MR) is 71.1 cm³/mol. The van der Waals surface area contributed by atoms with E-state index in [1.54, 1.807) is 0 Å². The quantitative estimate of drug-likeness (QED) is 0.604. The van der Waals surface area contributed by atoms with Crippen molar-refractivity contribution in [3.05, 3.63) is 31.3 Å². The summed E-state index contributed by atoms with van der Waals surface area (Å²) < 4.78 is 6.34. The van der Waals surface area contributed by atoms with Crippen molar-refractivity contribution in [1.29, 1.82) is 0 Å². The Hall–Kier alpha value is -2.13. The third-order valence-electron chi connectivity index (χ3n) is 3.41. The Morgan fingerprint density at radius 2 is 1.75 bits per heavy atom. The van der Waals surface area contributed by atoms with Crippen LogP contribution in [-0.4, -0.2) is 57.3 Å². The Kier molecular flexibility index (Phi) is 3.28. The number of imidazole rings is 1. The fourth-order valence-electron chi connectivity index (χ4n) is 2.31. The lowest BCUT2D eigenvalue weighted by molar-refractivity contribution is 0.0361. The van der Waals surface area contributed by atoms with Crippen LogP contribution in [0.25, 0.3) is 11.2 Å². The molecule has 3 heterocycles. The van der Waals surface area contributed by atoms with Gasteiger partial charge in [0.25, 0.3) is 5.56 Å². The van der Waals surface area contributed by atoms with Crippen LogP contribution >= 0.6 is 0 Å². The second kappa shape index (κ2) is 5.10. The minimum Gasteiger partial charge on any atom is -0.379 e. The van der Waals surface area contributed by atoms with Crippen molar-refractivity contribution < 1.29 is 4.74 Å². The number of aromatic nitrogens is 4. The molecule has 0 aromatic carbocycles. The molecular formula is C11H15N5O4. The number of ether oxygens (including phenoxy) is 1. The molecule has 0 radical (unpaired) electrons. The number of aromatic amines is 3. The molecular weight excluding hydrogens is 266 g/mol. The summed E-state index contributed by atoms with van der Waals surface area (Å²) in [5, 5.41) is 0. The monoisotopic (exact) mass is 281 g/mol. The zero-order chi connectivity index (χ0) is 14.1. The minimum absolute atomic E-state index is 0.0941. The van der Waals surface area contributed by atoms with Crippen molar-refractivity contribution in [3.8, 4) is 0 Å². The first kappa shape index (κ1) is 12.9. The number of nitrogens with one attached hydrogen (secondary N) is 3. The lowest BCUT2D eigenvalue weighted by atomic mass is 10.4. The Balaban J connectivity index is 1.89. The average Bonchev–Trinajstić information content (AvgIpc) is 2.80. The molecule has 0 bridgehead atoms. The van der Waals surface area contributed by atoms with Gasteiger partial charge >= 0.3 is 11.4 Å². The van der Waals surface area contributed by atoms with Crippen LogP contribution in [0.3, 0.4) is 0 Å². The number of morpholine rings is 1. The highest BCUT2D eigenvalue weighted by Crippen LogP contribution is 1.97. The maximum atomic E-state index is 12.1. The molecule has 1 aliphatic heterocycles. The van der Waals surface area contributed by atoms with Gasteiger partial charge in [-0.25, -0.2) is 9.59 Å². The van der Waals surface area contributed by atoms with E-state index in [1.165, 1.54) is 0 Å². The first-order chi connectivity index (χ1) is 9.65. The summed E-state index contributed by atoms with van der Waals surface area (Å²) >= 11 is 0. The Morgan fingerprint density at radius 1 is 1.00 bits per heavy atom. The topological polar surface area (TPSA) is 116 Å². The van der Waals surface area contributed by atoms with Gasteiger partial charge in [-0.3, -0.25) is 29.2 Å². The molecule has 9 nitrogen and oxygen atoms in total. The molecule has 0 amide bonds. The summed E-state index contributed by atoms with van der Waals surface area (Å²) in [6.45, 7) is 3.76. The number of hydrogen-bond acceptors (Lipinski definition) is 5. The van der Waals surface area contributed by atoms with Crippen LogP contribution in [0.5, 0.6) is 0 Å². The molecule has 0 unspecified atom stereocenters. The molecule has 108 valence electrons. The van der Waals surface area contributed by atoms with Crippen LogP contribution < -0.4 is 16.9 Å². The molecule has 1 saturated heterocycles. The van der Waals surface area contributed by atoms with E-state index in [1.807, 2.05) is 0 Å². The number of H-pyrrole nitrogens is 3. The van der Waals surface area contributed by atoms with Crippen LogP contribution in [0.4, 0.5) is 0 Å². The molecule has 1 aliphatic rings. The van der Waals surface area contributed by atoms with Gasteiger partial charge in [-0.15, -0.1) is 0 Å². The highest BCUT2D eigenvalue weighted by molar-refractivity contribution is 5.67. The van der Waals surface area contributed by atoms with Crippen molar-refractivity contribution in [1.82, 2.24) is 24.4 Å². The third kappa shape index (κ3) is 2.32. The number of nitrogens with zero attached hydrogens (tertiary/aromatic N) is 2. The highest BCUT2D eigenvalue weighted by atomic mass is 16.5. The van der Waals surface area contributed by atoms with E-state index in [0.29, 0.717) is 19.8 Å². The van der Waals surface area contributed by atoms with Crippen LogP contribution in [0.15, 0.2) is 14.4 Å². The van der Waals surface area contributed by atoms with E-state index < -0.39 is 16.9 Å². The average molecular weight is 281 g/mol. The van der Waals surface area contributed by atoms with Gasteiger partial charge in [0.15, 0.2) is 5.52 Å². The molecule has 3 rings (SSSR count). The Morgan fingerprint density at radius 3 is 2.50 bits per heavy atom. The highest BCUT2D eigenvalue weighted by Gasteiger charge is 2.13. The van der Waals surface area contributed by atoms with Crippen molar-refractivity contribution in [2.45, 2.75) is 6.54 Å². The molecule has 0 spiro atoms. The van der Waals surface area contributed by atoms with Gasteiger partial charge in [-0.2, -0.15) is 0 Å². The van der Waals surface area contributed by atoms with Gasteiger partial charge in [0.1, 0.15) is 5.65 Å². The standard InChI is InChI=1S/C11H15N5O4/c17-9-7-8(13-10(18)12-7)14-11(19)16(9)2-1-15-3-5-20-6-4-15/h1-6H2,(H,14,19)(H2,12,13,18). The van der Waals surface area contributed by atoms with Gasteiger partial charge in [-0.05, 0) is 0 Å². The van der Waals surface area contributed by atoms with E-state index in [2.05, 4.69) is 19.9 Å². The summed E-state index contributed by atoms with van der Waals surface area (Å²) in [4.78, 5) is 44.5. The van der Waals surface area contributed by atoms with Crippen LogP contribution in [-0.2, 0) is 11.3 Å². The number of hydrogen-bond donors (Lipinski definition) is 3. The Labute approximate surface area is 112 Å². The van der Waals surface area contributed by atoms with E-state index >= 15 is 0 Å². The Bertz CT molecular complexity index is 776. The van der Waals surface area contributed by atoms with E-state index in [9.17, 15) is 14.4 Å². The number of fused-ring (bicyclic) bond motifs is 1. The van der Waals surface area contributed by atoms with Gasteiger partial charge in [0, 0.05) is 26.2 Å². The summed E-state index contributed by atoms with van der Waals surface area (Å²) in [7, 11) is 0. The third-order valence-corrected chi connectivity index (χ3v) is 3.41. The largest absolute Gasteiger partial charge is 0.379 e. The number of rotatable bonds is 3. The molecule has 0 saturated carbocycles. The molecule has 9 heteroatoms. The zero-order valence-electron chi connectivity index (χ0n) is 10.8. The summed E-state index contributed by atoms with van der Waals surface area (Å²) in [6, 6.07) is 0. The smallest absolute Gasteiger partial charge is 0.330 e. The summed E-state index contributed by atoms with van der Waals surface area (Å²) in [5.74, 6) is 0. The molecule has 2 aromatic heterocycles. The summed E-state index contributed by atoms with van der Waals surface area (Å²) in [6.07, 6.45) is 0. The van der Waals surface area contributed by atoms with Crippen molar-refractivity contribution in [3.63, 3.8) is 0 Å². The van der Waals surface area contributed by atoms with E-state index in [0.717, 1.165) is 17.7 Å². The second-order valence-corrected chi connectivity index (χ2v) is 4.67. The lowest BCUT2D eigenvalue weighted by Crippen LogP contribution is -2.42. The maximum Gasteiger partial charge on any atom is 0.330 e. The molecule has 0 aliphatic carbocycles. The van der Waals surface area contributed by atoms with Gasteiger partial charge in [0.05, 0.1) is 13.2 Å². The zero-order valence-corrected chi connectivity index (χ0v) is 10.8. The molecule has 20 heavy (non-hydrogen) atoms. The van der Waals surface area contributed by atoms with Crippen molar-refractivity contribution in [2.24, 2.45) is 0 Å². The fourth-order valence-corrected chi connectivity index (χ4v) is 2.31. The molecule has 1 fully saturated rings. The fraction of sp³-hybridized carbons (Fsp3) is 0.545. The van der Waals surface area contributed by atoms with Gasteiger partial charge < -0.3 is 4.74 Å². The maximum absolute atomic E-state index is 12.1. The summed E-state index contributed by atoms with van der Waals surface area (Å²) in [5.41, 5.74) is -1.30. The normalized spacial score (nSPS) is 16.8. The van der Waals surface area contributed by atoms with E-state index in [-0.39, 0.29) is 17.7 Å². The lowest BCUT2D eigenvalue weighted by Gasteiger charge is -2.26. The van der Waals surface area contributed by atoms with Crippen LogP contribution in [0, 0.1) is 0 Å². The molecule has 2 aromatic rings. The minimum atomic E-state index is -0.522. The molecule has 3 N–H and O–H groups in total. The first-order valence-corrected chi connectivity index (χ1v) is 6.40. The van der Waals surface area contributed by atoms with Crippen LogP contribution in [0.1, 0.15) is 0 Å². The molecule has 0 atom stereocenters. The predicted octanol–water partition coefficient (Wildman–Crippen LogP) is -1.96. The van der Waals surface area contributed by atoms with Crippen molar-refractivity contribution >= 4 is 11.2 Å². The SMILES string of the molecule is O=c1[nH]c2[nH]c(=O)n(CCN3CCOCC3)c(=O)c2[nH]1. The van der Waals surface area contributed by atoms with Crippen LogP contribution in [0.2, 0.25) is 0 Å². The van der Waals surface area contributed by atoms with Gasteiger partial charge in [-0.1, -0.05) is 0 Å². The van der Waals surface area contributed by atoms with E-state index in [4.69, 9.17) is 4.74 Å². The first-order valence-electron chi connectivity index (χ1n) is 6.40. The van der Waals surface area contributed by atoms with Crippen molar-refractivity contribution in [2.75, 3.05) is 32.8 Å². The second-order valence-electron chi connectivity index (χ2n) is 4.67. The van der Waals surface area contributed by atoms with Gasteiger partial charge in [0.2, 0.25) is 0 Å².